The van der Waals surface area contributed by atoms with Gasteiger partial charge in [0, 0.05) is 12.7 Å². The first-order valence-electron chi connectivity index (χ1n) is 4.85. The maximum atomic E-state index is 12.6. The molecule has 94 valence electrons. The van der Waals surface area contributed by atoms with Crippen LogP contribution in [0.25, 0.3) is 0 Å². The second kappa shape index (κ2) is 5.88. The molecule has 0 saturated heterocycles. The Morgan fingerprint density at radius 2 is 2.29 bits per heavy atom. The maximum Gasteiger partial charge on any atom is 0.341 e. The highest BCUT2D eigenvalue weighted by Crippen LogP contribution is 2.30. The zero-order chi connectivity index (χ0) is 13.0. The van der Waals surface area contributed by atoms with E-state index in [1.807, 2.05) is 0 Å². The normalized spacial score (nSPS) is 10.7. The Morgan fingerprint density at radius 3 is 2.76 bits per heavy atom. The summed E-state index contributed by atoms with van der Waals surface area (Å²) >= 11 is 5.74. The van der Waals surface area contributed by atoms with Crippen LogP contribution in [0.4, 0.5) is 8.78 Å². The van der Waals surface area contributed by atoms with Gasteiger partial charge in [-0.25, -0.2) is 13.6 Å². The lowest BCUT2D eigenvalue weighted by Crippen LogP contribution is -2.14. The summed E-state index contributed by atoms with van der Waals surface area (Å²) in [6, 6.07) is 0. The van der Waals surface area contributed by atoms with E-state index in [9.17, 15) is 13.6 Å². The summed E-state index contributed by atoms with van der Waals surface area (Å²) < 4.78 is 29.9. The highest BCUT2D eigenvalue weighted by molar-refractivity contribution is 6.34. The number of aromatic nitrogens is 1. The van der Waals surface area contributed by atoms with Crippen molar-refractivity contribution in [1.82, 2.24) is 4.98 Å². The van der Waals surface area contributed by atoms with Crippen LogP contribution in [0.2, 0.25) is 5.02 Å². The number of rotatable bonds is 4. The molecule has 1 heterocycles. The van der Waals surface area contributed by atoms with Crippen molar-refractivity contribution in [1.29, 1.82) is 0 Å². The number of alkyl halides is 2. The predicted molar refractivity (Wildman–Crippen MR) is 58.1 cm³/mol. The highest BCUT2D eigenvalue weighted by Gasteiger charge is 2.23. The second-order valence-corrected chi connectivity index (χ2v) is 3.45. The molecule has 0 saturated carbocycles. The van der Waals surface area contributed by atoms with Crippen LogP contribution in [0.15, 0.2) is 6.20 Å². The molecule has 1 aromatic heterocycles. The van der Waals surface area contributed by atoms with E-state index in [1.54, 1.807) is 6.92 Å². The zero-order valence-electron chi connectivity index (χ0n) is 9.04. The molecule has 7 heteroatoms. The van der Waals surface area contributed by atoms with Crippen LogP contribution in [0.5, 0.6) is 0 Å². The molecule has 17 heavy (non-hydrogen) atoms. The number of carbonyl (C=O) groups is 1. The molecule has 0 atom stereocenters. The lowest BCUT2D eigenvalue weighted by Gasteiger charge is -2.11. The number of carbonyl (C=O) groups excluding carboxylic acids is 1. The molecule has 0 aliphatic carbocycles. The second-order valence-electron chi connectivity index (χ2n) is 3.07. The lowest BCUT2D eigenvalue weighted by atomic mass is 10.1. The van der Waals surface area contributed by atoms with Crippen molar-refractivity contribution >= 4 is 17.6 Å². The fourth-order valence-electron chi connectivity index (χ4n) is 1.26. The first kappa shape index (κ1) is 13.8. The number of nitrogens with zero attached hydrogens (tertiary/aromatic N) is 1. The molecule has 0 aliphatic rings. The third-order valence-electron chi connectivity index (χ3n) is 2.03. The Kier molecular flexibility index (Phi) is 4.77. The van der Waals surface area contributed by atoms with E-state index in [-0.39, 0.29) is 29.4 Å². The van der Waals surface area contributed by atoms with Gasteiger partial charge in [-0.15, -0.1) is 0 Å². The standard InChI is InChI=1S/C10H11ClF2N2O2/c1-2-17-10(16)7-6(3-14)15-4-5(8(7)11)9(12)13/h4,9H,2-3,14H2,1H3. The molecule has 0 amide bonds. The van der Waals surface area contributed by atoms with Crippen molar-refractivity contribution in [2.75, 3.05) is 6.61 Å². The van der Waals surface area contributed by atoms with Gasteiger partial charge in [-0.3, -0.25) is 4.98 Å². The molecular formula is C10H11ClF2N2O2. The van der Waals surface area contributed by atoms with Gasteiger partial charge in [-0.1, -0.05) is 11.6 Å². The van der Waals surface area contributed by atoms with Crippen LogP contribution < -0.4 is 5.73 Å². The number of nitrogens with two attached hydrogens (primary N) is 1. The van der Waals surface area contributed by atoms with E-state index in [2.05, 4.69) is 4.98 Å². The Hall–Kier alpha value is -1.27. The average Bonchev–Trinajstić information content (AvgIpc) is 2.27. The third-order valence-corrected chi connectivity index (χ3v) is 2.44. The van der Waals surface area contributed by atoms with Crippen molar-refractivity contribution in [3.8, 4) is 0 Å². The monoisotopic (exact) mass is 264 g/mol. The van der Waals surface area contributed by atoms with Crippen molar-refractivity contribution in [2.45, 2.75) is 19.9 Å². The van der Waals surface area contributed by atoms with Crippen LogP contribution >= 0.6 is 11.6 Å². The van der Waals surface area contributed by atoms with Gasteiger partial charge < -0.3 is 10.5 Å². The fourth-order valence-corrected chi connectivity index (χ4v) is 1.57. The molecule has 1 aromatic rings. The van der Waals surface area contributed by atoms with Gasteiger partial charge in [0.05, 0.1) is 22.9 Å². The van der Waals surface area contributed by atoms with Crippen molar-refractivity contribution in [2.24, 2.45) is 5.73 Å². The minimum absolute atomic E-state index is 0.0859. The van der Waals surface area contributed by atoms with Gasteiger partial charge in [-0.05, 0) is 6.92 Å². The minimum Gasteiger partial charge on any atom is -0.462 e. The Morgan fingerprint density at radius 1 is 1.65 bits per heavy atom. The quantitative estimate of drug-likeness (QED) is 0.848. The van der Waals surface area contributed by atoms with Crippen LogP contribution in [-0.2, 0) is 11.3 Å². The average molecular weight is 265 g/mol. The van der Waals surface area contributed by atoms with Crippen LogP contribution in [-0.4, -0.2) is 17.6 Å². The van der Waals surface area contributed by atoms with Crippen molar-refractivity contribution in [3.05, 3.63) is 28.0 Å². The highest BCUT2D eigenvalue weighted by atomic mass is 35.5. The molecule has 0 aliphatic heterocycles. The van der Waals surface area contributed by atoms with E-state index >= 15 is 0 Å². The summed E-state index contributed by atoms with van der Waals surface area (Å²) in [7, 11) is 0. The first-order valence-corrected chi connectivity index (χ1v) is 5.23. The van der Waals surface area contributed by atoms with Gasteiger partial charge in [0.2, 0.25) is 0 Å². The smallest absolute Gasteiger partial charge is 0.341 e. The van der Waals surface area contributed by atoms with E-state index in [0.717, 1.165) is 6.20 Å². The Labute approximate surface area is 102 Å². The van der Waals surface area contributed by atoms with Gasteiger partial charge >= 0.3 is 5.97 Å². The molecular weight excluding hydrogens is 254 g/mol. The number of hydrogen-bond donors (Lipinski definition) is 1. The molecule has 0 radical (unpaired) electrons. The fraction of sp³-hybridized carbons (Fsp3) is 0.400. The van der Waals surface area contributed by atoms with Gasteiger partial charge in [0.1, 0.15) is 5.56 Å². The SMILES string of the molecule is CCOC(=O)c1c(CN)ncc(C(F)F)c1Cl. The number of ether oxygens (including phenoxy) is 1. The molecule has 0 aromatic carbocycles. The van der Waals surface area contributed by atoms with E-state index in [1.165, 1.54) is 0 Å². The molecule has 0 spiro atoms. The summed E-state index contributed by atoms with van der Waals surface area (Å²) in [5.74, 6) is -0.798. The number of halogens is 3. The Bertz CT molecular complexity index is 427. The third kappa shape index (κ3) is 2.89. The first-order chi connectivity index (χ1) is 8.02. The molecule has 0 fully saturated rings. The number of esters is 1. The predicted octanol–water partition coefficient (Wildman–Crippen LogP) is 2.31. The minimum atomic E-state index is -2.81. The molecule has 0 unspecified atom stereocenters. The van der Waals surface area contributed by atoms with Gasteiger partial charge in [-0.2, -0.15) is 0 Å². The van der Waals surface area contributed by atoms with Gasteiger partial charge in [0.25, 0.3) is 6.43 Å². The summed E-state index contributed by atoms with van der Waals surface area (Å²) in [6.07, 6.45) is -1.90. The van der Waals surface area contributed by atoms with Crippen molar-refractivity contribution in [3.63, 3.8) is 0 Å². The molecule has 4 nitrogen and oxygen atoms in total. The van der Waals surface area contributed by atoms with Crippen LogP contribution in [0.3, 0.4) is 0 Å². The summed E-state index contributed by atoms with van der Waals surface area (Å²) in [5.41, 5.74) is 4.81. The summed E-state index contributed by atoms with van der Waals surface area (Å²) in [6.45, 7) is 1.62. The molecule has 0 bridgehead atoms. The summed E-state index contributed by atoms with van der Waals surface area (Å²) in [4.78, 5) is 15.3. The Balaban J connectivity index is 3.32. The summed E-state index contributed by atoms with van der Waals surface area (Å²) in [5, 5.41) is -0.353. The largest absolute Gasteiger partial charge is 0.462 e. The van der Waals surface area contributed by atoms with Crippen LogP contribution in [0, 0.1) is 0 Å². The van der Waals surface area contributed by atoms with Crippen LogP contribution in [0.1, 0.15) is 35.0 Å². The van der Waals surface area contributed by atoms with Gasteiger partial charge in [0.15, 0.2) is 0 Å². The number of hydrogen-bond acceptors (Lipinski definition) is 4. The topological polar surface area (TPSA) is 65.2 Å². The molecule has 2 N–H and O–H groups in total. The van der Waals surface area contributed by atoms with E-state index in [0.29, 0.717) is 0 Å². The zero-order valence-corrected chi connectivity index (χ0v) is 9.80. The number of pyridine rings is 1. The maximum absolute atomic E-state index is 12.6. The van der Waals surface area contributed by atoms with Crippen molar-refractivity contribution < 1.29 is 18.3 Å². The lowest BCUT2D eigenvalue weighted by molar-refractivity contribution is 0.0524. The van der Waals surface area contributed by atoms with E-state index in [4.69, 9.17) is 22.1 Å². The molecule has 1 rings (SSSR count). The van der Waals surface area contributed by atoms with E-state index < -0.39 is 18.0 Å².